The third-order valence-corrected chi connectivity index (χ3v) is 3.91. The molecule has 0 saturated carbocycles. The standard InChI is InChI=1S/C16H25N/c1-4-8-15-14-11-7-6-10-13(14)12(3)17-16(15)9-5-2/h4-11H2,1-3H3. The summed E-state index contributed by atoms with van der Waals surface area (Å²) in [5, 5.41) is 0. The number of aromatic nitrogens is 1. The summed E-state index contributed by atoms with van der Waals surface area (Å²) >= 11 is 0. The maximum absolute atomic E-state index is 4.89. The number of hydrogen-bond donors (Lipinski definition) is 0. The van der Waals surface area contributed by atoms with Crippen LogP contribution in [0, 0.1) is 6.92 Å². The van der Waals surface area contributed by atoms with E-state index < -0.39 is 0 Å². The van der Waals surface area contributed by atoms with E-state index in [1.165, 1.54) is 56.3 Å². The van der Waals surface area contributed by atoms with Crippen molar-refractivity contribution in [2.45, 2.75) is 72.1 Å². The molecule has 0 atom stereocenters. The Morgan fingerprint density at radius 2 is 1.59 bits per heavy atom. The molecule has 1 nitrogen and oxygen atoms in total. The van der Waals surface area contributed by atoms with Crippen molar-refractivity contribution in [1.29, 1.82) is 0 Å². The maximum Gasteiger partial charge on any atom is 0.0441 e. The molecule has 2 rings (SSSR count). The van der Waals surface area contributed by atoms with Crippen molar-refractivity contribution in [2.24, 2.45) is 0 Å². The van der Waals surface area contributed by atoms with Gasteiger partial charge in [0.25, 0.3) is 0 Å². The Morgan fingerprint density at radius 1 is 0.941 bits per heavy atom. The van der Waals surface area contributed by atoms with Crippen LogP contribution in [0.25, 0.3) is 0 Å². The Balaban J connectivity index is 2.49. The van der Waals surface area contributed by atoms with Gasteiger partial charge in [-0.05, 0) is 62.1 Å². The van der Waals surface area contributed by atoms with E-state index in [0.717, 1.165) is 6.42 Å². The number of hydrogen-bond acceptors (Lipinski definition) is 1. The molecule has 0 unspecified atom stereocenters. The molecule has 0 aromatic carbocycles. The lowest BCUT2D eigenvalue weighted by molar-refractivity contribution is 0.658. The van der Waals surface area contributed by atoms with Gasteiger partial charge in [-0.15, -0.1) is 0 Å². The third kappa shape index (κ3) is 2.53. The van der Waals surface area contributed by atoms with Crippen LogP contribution in [0.15, 0.2) is 0 Å². The van der Waals surface area contributed by atoms with Crippen LogP contribution in [-0.4, -0.2) is 4.98 Å². The molecule has 17 heavy (non-hydrogen) atoms. The Kier molecular flexibility index (Phi) is 4.20. The van der Waals surface area contributed by atoms with Gasteiger partial charge in [0.2, 0.25) is 0 Å². The SMILES string of the molecule is CCCc1nc(C)c2c(c1CCC)CCCC2. The molecular formula is C16H25N. The molecule has 0 radical (unpaired) electrons. The van der Waals surface area contributed by atoms with Gasteiger partial charge >= 0.3 is 0 Å². The summed E-state index contributed by atoms with van der Waals surface area (Å²) in [6.07, 6.45) is 10.1. The van der Waals surface area contributed by atoms with Gasteiger partial charge in [-0.25, -0.2) is 0 Å². The Morgan fingerprint density at radius 3 is 2.24 bits per heavy atom. The van der Waals surface area contributed by atoms with Gasteiger partial charge in [0.1, 0.15) is 0 Å². The predicted molar refractivity (Wildman–Crippen MR) is 73.6 cm³/mol. The van der Waals surface area contributed by atoms with Gasteiger partial charge in [-0.2, -0.15) is 0 Å². The Hall–Kier alpha value is -0.850. The Labute approximate surface area is 106 Å². The van der Waals surface area contributed by atoms with Crippen molar-refractivity contribution in [3.05, 3.63) is 28.1 Å². The predicted octanol–water partition coefficient (Wildman–Crippen LogP) is 4.17. The third-order valence-electron chi connectivity index (χ3n) is 3.91. The van der Waals surface area contributed by atoms with Crippen LogP contribution < -0.4 is 0 Å². The minimum absolute atomic E-state index is 1.16. The number of rotatable bonds is 4. The molecule has 1 aromatic heterocycles. The van der Waals surface area contributed by atoms with E-state index in [-0.39, 0.29) is 0 Å². The summed E-state index contributed by atoms with van der Waals surface area (Å²) in [4.78, 5) is 4.89. The molecule has 0 spiro atoms. The highest BCUT2D eigenvalue weighted by molar-refractivity contribution is 5.42. The Bertz CT molecular complexity index is 393. The molecule has 1 aromatic rings. The van der Waals surface area contributed by atoms with Crippen molar-refractivity contribution in [1.82, 2.24) is 4.98 Å². The second kappa shape index (κ2) is 5.66. The highest BCUT2D eigenvalue weighted by Gasteiger charge is 2.19. The van der Waals surface area contributed by atoms with Crippen molar-refractivity contribution in [3.63, 3.8) is 0 Å². The van der Waals surface area contributed by atoms with Crippen LogP contribution >= 0.6 is 0 Å². The van der Waals surface area contributed by atoms with Crippen LogP contribution in [0.4, 0.5) is 0 Å². The zero-order chi connectivity index (χ0) is 12.3. The molecule has 1 heterocycles. The summed E-state index contributed by atoms with van der Waals surface area (Å²) in [7, 11) is 0. The highest BCUT2D eigenvalue weighted by Crippen LogP contribution is 2.29. The van der Waals surface area contributed by atoms with E-state index in [2.05, 4.69) is 20.8 Å². The lowest BCUT2D eigenvalue weighted by Crippen LogP contribution is -2.14. The van der Waals surface area contributed by atoms with E-state index in [4.69, 9.17) is 4.98 Å². The first kappa shape index (κ1) is 12.6. The van der Waals surface area contributed by atoms with E-state index in [1.807, 2.05) is 0 Å². The van der Waals surface area contributed by atoms with Gasteiger partial charge < -0.3 is 0 Å². The van der Waals surface area contributed by atoms with E-state index in [1.54, 1.807) is 16.7 Å². The second-order valence-corrected chi connectivity index (χ2v) is 5.29. The fraction of sp³-hybridized carbons (Fsp3) is 0.688. The molecule has 0 aliphatic heterocycles. The minimum Gasteiger partial charge on any atom is -0.258 e. The van der Waals surface area contributed by atoms with Crippen LogP contribution in [-0.2, 0) is 25.7 Å². The number of nitrogens with zero attached hydrogens (tertiary/aromatic N) is 1. The fourth-order valence-corrected chi connectivity index (χ4v) is 3.14. The molecule has 0 bridgehead atoms. The van der Waals surface area contributed by atoms with E-state index in [9.17, 15) is 0 Å². The average Bonchev–Trinajstić information content (AvgIpc) is 2.34. The quantitative estimate of drug-likeness (QED) is 0.757. The molecule has 0 fully saturated rings. The monoisotopic (exact) mass is 231 g/mol. The second-order valence-electron chi connectivity index (χ2n) is 5.29. The molecule has 1 aliphatic carbocycles. The lowest BCUT2D eigenvalue weighted by atomic mass is 9.85. The first-order valence-corrected chi connectivity index (χ1v) is 7.28. The normalized spacial score (nSPS) is 14.8. The number of pyridine rings is 1. The fourth-order valence-electron chi connectivity index (χ4n) is 3.14. The van der Waals surface area contributed by atoms with Crippen molar-refractivity contribution < 1.29 is 0 Å². The summed E-state index contributed by atoms with van der Waals surface area (Å²) in [6.45, 7) is 6.75. The molecule has 1 heteroatoms. The molecule has 0 N–H and O–H groups in total. The molecule has 0 amide bonds. The molecule has 1 aliphatic rings. The van der Waals surface area contributed by atoms with Crippen LogP contribution in [0.3, 0.4) is 0 Å². The zero-order valence-corrected chi connectivity index (χ0v) is 11.6. The largest absolute Gasteiger partial charge is 0.258 e. The van der Waals surface area contributed by atoms with E-state index >= 15 is 0 Å². The summed E-state index contributed by atoms with van der Waals surface area (Å²) in [6, 6.07) is 0. The smallest absolute Gasteiger partial charge is 0.0441 e. The van der Waals surface area contributed by atoms with Crippen LogP contribution in [0.5, 0.6) is 0 Å². The highest BCUT2D eigenvalue weighted by atomic mass is 14.7. The van der Waals surface area contributed by atoms with Gasteiger partial charge in [0.05, 0.1) is 0 Å². The van der Waals surface area contributed by atoms with Gasteiger partial charge in [0.15, 0.2) is 0 Å². The molecular weight excluding hydrogens is 206 g/mol. The van der Waals surface area contributed by atoms with Crippen LogP contribution in [0.1, 0.15) is 67.6 Å². The average molecular weight is 231 g/mol. The van der Waals surface area contributed by atoms with Crippen molar-refractivity contribution >= 4 is 0 Å². The van der Waals surface area contributed by atoms with Crippen LogP contribution in [0.2, 0.25) is 0 Å². The van der Waals surface area contributed by atoms with Gasteiger partial charge in [0, 0.05) is 11.4 Å². The zero-order valence-electron chi connectivity index (χ0n) is 11.6. The molecule has 94 valence electrons. The summed E-state index contributed by atoms with van der Waals surface area (Å²) in [5.74, 6) is 0. The van der Waals surface area contributed by atoms with E-state index in [0.29, 0.717) is 0 Å². The lowest BCUT2D eigenvalue weighted by Gasteiger charge is -2.23. The van der Waals surface area contributed by atoms with Gasteiger partial charge in [-0.3, -0.25) is 4.98 Å². The van der Waals surface area contributed by atoms with Crippen molar-refractivity contribution in [3.8, 4) is 0 Å². The first-order chi connectivity index (χ1) is 8.27. The number of fused-ring (bicyclic) bond motifs is 1. The first-order valence-electron chi connectivity index (χ1n) is 7.28. The minimum atomic E-state index is 1.16. The van der Waals surface area contributed by atoms with Crippen molar-refractivity contribution in [2.75, 3.05) is 0 Å². The summed E-state index contributed by atoms with van der Waals surface area (Å²) < 4.78 is 0. The maximum atomic E-state index is 4.89. The molecule has 0 saturated heterocycles. The van der Waals surface area contributed by atoms with Gasteiger partial charge in [-0.1, -0.05) is 26.7 Å². The summed E-state index contributed by atoms with van der Waals surface area (Å²) in [5.41, 5.74) is 7.57. The number of aryl methyl sites for hydroxylation is 2. The topological polar surface area (TPSA) is 12.9 Å².